The number of hydrogen-bond donors (Lipinski definition) is 4. The van der Waals surface area contributed by atoms with Crippen LogP contribution >= 0.6 is 0 Å². The summed E-state index contributed by atoms with van der Waals surface area (Å²) in [5.41, 5.74) is 0. The molecule has 72 valence electrons. The summed E-state index contributed by atoms with van der Waals surface area (Å²) in [5, 5.41) is 35.9. The fraction of sp³-hybridized carbons (Fsp3) is 0.857. The number of aliphatic hydroxyl groups is 4. The van der Waals surface area contributed by atoms with E-state index in [-0.39, 0.29) is 6.42 Å². The highest BCUT2D eigenvalue weighted by Gasteiger charge is 2.27. The monoisotopic (exact) mass is 178 g/mol. The van der Waals surface area contributed by atoms with E-state index in [9.17, 15) is 4.79 Å². The Labute approximate surface area is 70.3 Å². The van der Waals surface area contributed by atoms with E-state index in [1.54, 1.807) is 0 Å². The van der Waals surface area contributed by atoms with Gasteiger partial charge in [0.25, 0.3) is 0 Å². The van der Waals surface area contributed by atoms with Crippen molar-refractivity contribution in [3.63, 3.8) is 0 Å². The lowest BCUT2D eigenvalue weighted by Crippen LogP contribution is -2.43. The number of carbonyl (C=O) groups is 1. The third kappa shape index (κ3) is 3.27. The van der Waals surface area contributed by atoms with Crippen LogP contribution in [-0.2, 0) is 4.79 Å². The molecular formula is C7H14O5. The summed E-state index contributed by atoms with van der Waals surface area (Å²) in [6.07, 6.45) is -5.21. The third-order valence-electron chi connectivity index (χ3n) is 1.58. The van der Waals surface area contributed by atoms with Gasteiger partial charge >= 0.3 is 0 Å². The highest BCUT2D eigenvalue weighted by atomic mass is 16.4. The van der Waals surface area contributed by atoms with Crippen molar-refractivity contribution in [2.24, 2.45) is 0 Å². The Kier molecular flexibility index (Phi) is 5.00. The zero-order chi connectivity index (χ0) is 9.72. The Morgan fingerprint density at radius 1 is 1.17 bits per heavy atom. The molecule has 0 spiro atoms. The van der Waals surface area contributed by atoms with Crippen LogP contribution in [0, 0.1) is 0 Å². The Bertz CT molecular complexity index is 136. The van der Waals surface area contributed by atoms with E-state index in [0.717, 1.165) is 0 Å². The smallest absolute Gasteiger partial charge is 0.122 e. The summed E-state index contributed by atoms with van der Waals surface area (Å²) in [5.74, 6) is 0. The van der Waals surface area contributed by atoms with E-state index in [4.69, 9.17) is 20.4 Å². The van der Waals surface area contributed by atoms with Gasteiger partial charge in [0.1, 0.15) is 18.5 Å². The van der Waals surface area contributed by atoms with E-state index in [0.29, 0.717) is 6.29 Å². The zero-order valence-corrected chi connectivity index (χ0v) is 6.79. The van der Waals surface area contributed by atoms with Crippen LogP contribution in [0.5, 0.6) is 0 Å². The maximum Gasteiger partial charge on any atom is 0.122 e. The Morgan fingerprint density at radius 3 is 2.00 bits per heavy atom. The molecule has 4 unspecified atom stereocenters. The van der Waals surface area contributed by atoms with Crippen molar-refractivity contribution in [2.45, 2.75) is 37.8 Å². The van der Waals surface area contributed by atoms with Crippen LogP contribution in [0.3, 0.4) is 0 Å². The normalized spacial score (nSPS) is 21.1. The maximum absolute atomic E-state index is 9.90. The van der Waals surface area contributed by atoms with Gasteiger partial charge in [-0.2, -0.15) is 0 Å². The fourth-order valence-corrected chi connectivity index (χ4v) is 0.751. The molecule has 0 amide bonds. The molecule has 0 aromatic rings. The largest absolute Gasteiger partial charge is 0.391 e. The molecule has 5 heteroatoms. The van der Waals surface area contributed by atoms with Crippen molar-refractivity contribution in [2.75, 3.05) is 0 Å². The Balaban J connectivity index is 3.98. The lowest BCUT2D eigenvalue weighted by Gasteiger charge is -2.23. The highest BCUT2D eigenvalue weighted by molar-refractivity contribution is 5.50. The minimum Gasteiger partial charge on any atom is -0.391 e. The van der Waals surface area contributed by atoms with E-state index in [1.165, 1.54) is 6.92 Å². The van der Waals surface area contributed by atoms with Crippen LogP contribution in [0.25, 0.3) is 0 Å². The molecule has 0 heterocycles. The first-order valence-electron chi connectivity index (χ1n) is 3.66. The molecule has 0 saturated heterocycles. The lowest BCUT2D eigenvalue weighted by atomic mass is 10.0. The van der Waals surface area contributed by atoms with Crippen LogP contribution < -0.4 is 0 Å². The summed E-state index contributed by atoms with van der Waals surface area (Å²) < 4.78 is 0. The predicted molar refractivity (Wildman–Crippen MR) is 40.4 cm³/mol. The minimum atomic E-state index is -1.49. The van der Waals surface area contributed by atoms with E-state index in [2.05, 4.69) is 0 Å². The van der Waals surface area contributed by atoms with Gasteiger partial charge in [0.05, 0.1) is 12.2 Å². The number of aliphatic hydroxyl groups excluding tert-OH is 4. The van der Waals surface area contributed by atoms with Crippen molar-refractivity contribution in [3.8, 4) is 0 Å². The molecule has 0 aromatic carbocycles. The molecular weight excluding hydrogens is 164 g/mol. The summed E-state index contributed by atoms with van der Waals surface area (Å²) in [6, 6.07) is 0. The van der Waals surface area contributed by atoms with Gasteiger partial charge in [0.15, 0.2) is 0 Å². The molecule has 0 aliphatic rings. The van der Waals surface area contributed by atoms with E-state index >= 15 is 0 Å². The van der Waals surface area contributed by atoms with Crippen LogP contribution in [-0.4, -0.2) is 51.1 Å². The average molecular weight is 178 g/mol. The van der Waals surface area contributed by atoms with Crippen LogP contribution in [0.15, 0.2) is 0 Å². The molecule has 0 bridgehead atoms. The summed E-state index contributed by atoms with van der Waals surface area (Å²) in [7, 11) is 0. The average Bonchev–Trinajstić information content (AvgIpc) is 2.02. The second kappa shape index (κ2) is 5.21. The summed E-state index contributed by atoms with van der Waals surface area (Å²) >= 11 is 0. The molecule has 0 aromatic heterocycles. The molecule has 0 rings (SSSR count). The molecule has 0 aliphatic heterocycles. The zero-order valence-electron chi connectivity index (χ0n) is 6.79. The summed E-state index contributed by atoms with van der Waals surface area (Å²) in [4.78, 5) is 9.90. The van der Waals surface area contributed by atoms with Gasteiger partial charge in [-0.3, -0.25) is 0 Å². The number of rotatable bonds is 5. The van der Waals surface area contributed by atoms with Crippen LogP contribution in [0.1, 0.15) is 13.3 Å². The molecule has 5 nitrogen and oxygen atoms in total. The number of hydrogen-bond acceptors (Lipinski definition) is 5. The summed E-state index contributed by atoms with van der Waals surface area (Å²) in [6.45, 7) is 1.28. The van der Waals surface area contributed by atoms with Crippen LogP contribution in [0.2, 0.25) is 0 Å². The quantitative estimate of drug-likeness (QED) is 0.366. The second-order valence-corrected chi connectivity index (χ2v) is 2.69. The van der Waals surface area contributed by atoms with Gasteiger partial charge in [0, 0.05) is 6.42 Å². The molecule has 0 fully saturated rings. The third-order valence-corrected chi connectivity index (χ3v) is 1.58. The fourth-order valence-electron chi connectivity index (χ4n) is 0.751. The number of aldehydes is 1. The van der Waals surface area contributed by atoms with Gasteiger partial charge in [-0.25, -0.2) is 0 Å². The van der Waals surface area contributed by atoms with Gasteiger partial charge in [-0.15, -0.1) is 0 Å². The minimum absolute atomic E-state index is 0.259. The first kappa shape index (κ1) is 11.5. The van der Waals surface area contributed by atoms with Gasteiger partial charge < -0.3 is 25.2 Å². The van der Waals surface area contributed by atoms with Gasteiger partial charge in [0.2, 0.25) is 0 Å². The first-order chi connectivity index (χ1) is 5.50. The molecule has 4 N–H and O–H groups in total. The highest BCUT2D eigenvalue weighted by Crippen LogP contribution is 2.06. The molecule has 4 atom stereocenters. The lowest BCUT2D eigenvalue weighted by molar-refractivity contribution is -0.119. The van der Waals surface area contributed by atoms with Gasteiger partial charge in [-0.1, -0.05) is 0 Å². The van der Waals surface area contributed by atoms with E-state index < -0.39 is 24.4 Å². The van der Waals surface area contributed by atoms with E-state index in [1.807, 2.05) is 0 Å². The van der Waals surface area contributed by atoms with Crippen molar-refractivity contribution in [1.82, 2.24) is 0 Å². The second-order valence-electron chi connectivity index (χ2n) is 2.69. The van der Waals surface area contributed by atoms with Crippen molar-refractivity contribution in [3.05, 3.63) is 0 Å². The Hall–Kier alpha value is -0.490. The standard InChI is InChI=1S/C7H14O5/c1-4(9)6(11)7(12)5(10)2-3-8/h3-7,9-12H,2H2,1H3. The topological polar surface area (TPSA) is 98.0 Å². The first-order valence-corrected chi connectivity index (χ1v) is 3.66. The molecule has 0 radical (unpaired) electrons. The van der Waals surface area contributed by atoms with Crippen molar-refractivity contribution >= 4 is 6.29 Å². The van der Waals surface area contributed by atoms with Crippen molar-refractivity contribution < 1.29 is 25.2 Å². The predicted octanol–water partition coefficient (Wildman–Crippen LogP) is -1.96. The van der Waals surface area contributed by atoms with Crippen molar-refractivity contribution in [1.29, 1.82) is 0 Å². The SMILES string of the molecule is CC(O)C(O)C(O)C(O)CC=O. The maximum atomic E-state index is 9.90. The Morgan fingerprint density at radius 2 is 1.67 bits per heavy atom. The molecule has 0 aliphatic carbocycles. The molecule has 0 saturated carbocycles. The van der Waals surface area contributed by atoms with Gasteiger partial charge in [-0.05, 0) is 6.92 Å². The number of carbonyl (C=O) groups excluding carboxylic acids is 1. The molecule has 12 heavy (non-hydrogen) atoms. The van der Waals surface area contributed by atoms with Crippen LogP contribution in [0.4, 0.5) is 0 Å².